The van der Waals surface area contributed by atoms with E-state index in [9.17, 15) is 0 Å². The van der Waals surface area contributed by atoms with Crippen molar-refractivity contribution in [3.05, 3.63) is 24.3 Å². The van der Waals surface area contributed by atoms with E-state index in [1.165, 1.54) is 0 Å². The number of rotatable bonds is 14. The average Bonchev–Trinajstić information content (AvgIpc) is 3.88. The number of hydrogen-bond acceptors (Lipinski definition) is 15. The molecule has 6 heterocycles. The van der Waals surface area contributed by atoms with Crippen molar-refractivity contribution in [2.24, 2.45) is 5.92 Å². The summed E-state index contributed by atoms with van der Waals surface area (Å²) in [6, 6.07) is 8.48. The van der Waals surface area contributed by atoms with Gasteiger partial charge in [-0.3, -0.25) is 0 Å². The number of anilines is 4. The van der Waals surface area contributed by atoms with Crippen LogP contribution in [0.4, 0.5) is 23.5 Å². The average molecular weight is 757 g/mol. The molecule has 2 aromatic heterocycles. The summed E-state index contributed by atoms with van der Waals surface area (Å²) in [5.74, 6) is 6.14. The molecule has 296 valence electrons. The van der Waals surface area contributed by atoms with E-state index < -0.39 is 0 Å². The predicted octanol–water partition coefficient (Wildman–Crippen LogP) is 4.79. The Balaban J connectivity index is 0.994. The lowest BCUT2D eigenvalue weighted by Gasteiger charge is -2.28. The van der Waals surface area contributed by atoms with Gasteiger partial charge in [-0.15, -0.1) is 0 Å². The maximum atomic E-state index is 6.29. The topological polar surface area (TPSA) is 152 Å². The third-order valence-corrected chi connectivity index (χ3v) is 11.4. The Kier molecular flexibility index (Phi) is 11.6. The van der Waals surface area contributed by atoms with E-state index in [0.717, 1.165) is 130 Å². The predicted molar refractivity (Wildman–Crippen MR) is 216 cm³/mol. The van der Waals surface area contributed by atoms with Crippen molar-refractivity contribution < 1.29 is 23.7 Å². The first-order chi connectivity index (χ1) is 27.0. The van der Waals surface area contributed by atoms with E-state index in [2.05, 4.69) is 38.0 Å². The summed E-state index contributed by atoms with van der Waals surface area (Å²) >= 11 is 0. The minimum absolute atomic E-state index is 0.0587. The molecule has 4 fully saturated rings. The number of aromatic nitrogens is 4. The van der Waals surface area contributed by atoms with Crippen LogP contribution in [0.25, 0.3) is 21.8 Å². The third kappa shape index (κ3) is 8.33. The number of nitrogens with one attached hydrogen (secondary N) is 4. The second-order valence-corrected chi connectivity index (χ2v) is 15.3. The molecule has 4 N–H and O–H groups in total. The molecule has 0 saturated carbocycles. The summed E-state index contributed by atoms with van der Waals surface area (Å²) in [4.78, 5) is 24.8. The molecule has 55 heavy (non-hydrogen) atoms. The Morgan fingerprint density at radius 3 is 1.89 bits per heavy atom. The van der Waals surface area contributed by atoms with Gasteiger partial charge in [0.15, 0.2) is 29.8 Å². The van der Waals surface area contributed by atoms with Crippen molar-refractivity contribution in [3.8, 4) is 23.0 Å². The standard InChI is InChI=1S/C40H56N10O5/c1-25-11-15-49(22-25)39-45-31-19-35(53-4)36(17-30(31)37(47-39)43-26-8-5-12-41-20-26)55-24-54-23-28-10-7-14-50(28)40-46-32-18-34(52-3)33(51-2)16-29(32)38(48-40)44-27-9-6-13-42-21-27/h16-19,25-28,41-42H,5-15,20-24H2,1-4H3,(H,43,45,47)(H,44,46,48)/t25?,26-,27-,28?/m0/s1. The van der Waals surface area contributed by atoms with E-state index in [4.69, 9.17) is 43.6 Å². The van der Waals surface area contributed by atoms with Crippen LogP contribution in [0.3, 0.4) is 0 Å². The molecule has 4 aliphatic rings. The lowest BCUT2D eigenvalue weighted by Crippen LogP contribution is -2.39. The van der Waals surface area contributed by atoms with Crippen molar-refractivity contribution >= 4 is 45.3 Å². The zero-order valence-corrected chi connectivity index (χ0v) is 32.7. The molecule has 4 aromatic rings. The maximum Gasteiger partial charge on any atom is 0.228 e. The Hall–Kier alpha value is -4.60. The number of nitrogens with zero attached hydrogens (tertiary/aromatic N) is 6. The Labute approximate surface area is 323 Å². The molecule has 0 radical (unpaired) electrons. The van der Waals surface area contributed by atoms with Gasteiger partial charge >= 0.3 is 0 Å². The van der Waals surface area contributed by atoms with Crippen LogP contribution in [0.15, 0.2) is 24.3 Å². The highest BCUT2D eigenvalue weighted by Crippen LogP contribution is 2.38. The van der Waals surface area contributed by atoms with Crippen molar-refractivity contribution in [2.75, 3.05) is 101 Å². The number of methoxy groups -OCH3 is 3. The fourth-order valence-electron chi connectivity index (χ4n) is 8.34. The number of piperidine rings is 2. The molecule has 4 atom stereocenters. The van der Waals surface area contributed by atoms with E-state index >= 15 is 0 Å². The third-order valence-electron chi connectivity index (χ3n) is 11.4. The van der Waals surface area contributed by atoms with E-state index in [-0.39, 0.29) is 24.9 Å². The van der Waals surface area contributed by atoms with Gasteiger partial charge in [-0.1, -0.05) is 6.92 Å². The SMILES string of the molecule is COc1cc2nc(N3CCCC3COCOc3cc4c(N[C@H]5CCCNC5)nc(N5CCC(C)C5)nc4cc3OC)nc(N[C@H]3CCCNC3)c2cc1OC. The van der Waals surface area contributed by atoms with Gasteiger partial charge in [0.05, 0.1) is 45.0 Å². The van der Waals surface area contributed by atoms with Crippen LogP contribution >= 0.6 is 0 Å². The molecule has 2 aromatic carbocycles. The Morgan fingerprint density at radius 2 is 1.29 bits per heavy atom. The quantitative estimate of drug-likeness (QED) is 0.103. The normalized spacial score (nSPS) is 23.0. The smallest absolute Gasteiger partial charge is 0.228 e. The van der Waals surface area contributed by atoms with Crippen molar-refractivity contribution in [3.63, 3.8) is 0 Å². The van der Waals surface area contributed by atoms with E-state index in [1.807, 2.05) is 24.3 Å². The van der Waals surface area contributed by atoms with Crippen LogP contribution in [0.1, 0.15) is 51.9 Å². The summed E-state index contributed by atoms with van der Waals surface area (Å²) in [6.07, 6.45) is 7.52. The minimum atomic E-state index is 0.0587. The van der Waals surface area contributed by atoms with Crippen LogP contribution in [-0.2, 0) is 4.74 Å². The number of ether oxygens (including phenoxy) is 5. The van der Waals surface area contributed by atoms with Crippen LogP contribution in [0.2, 0.25) is 0 Å². The van der Waals surface area contributed by atoms with Crippen LogP contribution in [0.5, 0.6) is 23.0 Å². The maximum absolute atomic E-state index is 6.29. The molecule has 15 heteroatoms. The largest absolute Gasteiger partial charge is 0.493 e. The van der Waals surface area contributed by atoms with E-state index in [0.29, 0.717) is 41.5 Å². The fraction of sp³-hybridized carbons (Fsp3) is 0.600. The first kappa shape index (κ1) is 37.3. The molecular weight excluding hydrogens is 701 g/mol. The minimum Gasteiger partial charge on any atom is -0.493 e. The molecule has 0 amide bonds. The van der Waals surface area contributed by atoms with Gasteiger partial charge in [-0.05, 0) is 76.1 Å². The van der Waals surface area contributed by atoms with Gasteiger partial charge in [0.25, 0.3) is 0 Å². The summed E-state index contributed by atoms with van der Waals surface area (Å²) in [5.41, 5.74) is 1.62. The van der Waals surface area contributed by atoms with Crippen LogP contribution in [0, 0.1) is 5.92 Å². The van der Waals surface area contributed by atoms with Crippen molar-refractivity contribution in [1.29, 1.82) is 0 Å². The molecule has 4 saturated heterocycles. The van der Waals surface area contributed by atoms with Gasteiger partial charge in [0, 0.05) is 67.7 Å². The molecule has 15 nitrogen and oxygen atoms in total. The first-order valence-corrected chi connectivity index (χ1v) is 20.0. The second kappa shape index (κ2) is 17.0. The molecule has 8 rings (SSSR count). The summed E-state index contributed by atoms with van der Waals surface area (Å²) < 4.78 is 29.6. The van der Waals surface area contributed by atoms with Gasteiger partial charge in [-0.25, -0.2) is 9.97 Å². The van der Waals surface area contributed by atoms with Crippen molar-refractivity contribution in [1.82, 2.24) is 30.6 Å². The van der Waals surface area contributed by atoms with Gasteiger partial charge in [0.2, 0.25) is 11.9 Å². The summed E-state index contributed by atoms with van der Waals surface area (Å²) in [7, 11) is 4.95. The monoisotopic (exact) mass is 756 g/mol. The molecule has 0 bridgehead atoms. The first-order valence-electron chi connectivity index (χ1n) is 20.0. The Morgan fingerprint density at radius 1 is 0.691 bits per heavy atom. The molecule has 4 aliphatic heterocycles. The van der Waals surface area contributed by atoms with Crippen LogP contribution in [-0.4, -0.2) is 119 Å². The zero-order valence-electron chi connectivity index (χ0n) is 32.7. The summed E-state index contributed by atoms with van der Waals surface area (Å²) in [6.45, 7) is 9.42. The molecular formula is C40H56N10O5. The van der Waals surface area contributed by atoms with Gasteiger partial charge in [-0.2, -0.15) is 9.97 Å². The number of benzene rings is 2. The number of hydrogen-bond donors (Lipinski definition) is 4. The van der Waals surface area contributed by atoms with Gasteiger partial charge < -0.3 is 54.8 Å². The van der Waals surface area contributed by atoms with Gasteiger partial charge in [0.1, 0.15) is 11.6 Å². The van der Waals surface area contributed by atoms with Crippen molar-refractivity contribution in [2.45, 2.75) is 70.0 Å². The highest BCUT2D eigenvalue weighted by atomic mass is 16.7. The summed E-state index contributed by atoms with van der Waals surface area (Å²) in [5, 5.41) is 16.3. The lowest BCUT2D eigenvalue weighted by atomic mass is 10.1. The molecule has 2 unspecified atom stereocenters. The van der Waals surface area contributed by atoms with Crippen LogP contribution < -0.4 is 50.0 Å². The van der Waals surface area contributed by atoms with E-state index in [1.54, 1.807) is 21.3 Å². The highest BCUT2D eigenvalue weighted by Gasteiger charge is 2.29. The second-order valence-electron chi connectivity index (χ2n) is 15.3. The highest BCUT2D eigenvalue weighted by molar-refractivity contribution is 5.94. The fourth-order valence-corrected chi connectivity index (χ4v) is 8.34. The molecule has 0 spiro atoms. The number of fused-ring (bicyclic) bond motifs is 2. The molecule has 0 aliphatic carbocycles. The zero-order chi connectivity index (χ0) is 37.7. The lowest BCUT2D eigenvalue weighted by molar-refractivity contribution is 0.00802. The Bertz CT molecular complexity index is 1940.